The summed E-state index contributed by atoms with van der Waals surface area (Å²) in [6.07, 6.45) is 6.59. The Balaban J connectivity index is 1.25. The van der Waals surface area contributed by atoms with Gasteiger partial charge in [0.25, 0.3) is 0 Å². The molecular weight excluding hydrogens is 334 g/mol. The van der Waals surface area contributed by atoms with Crippen LogP contribution in [0.1, 0.15) is 30.4 Å². The summed E-state index contributed by atoms with van der Waals surface area (Å²) < 4.78 is 0. The third kappa shape index (κ3) is 3.21. The van der Waals surface area contributed by atoms with Crippen molar-refractivity contribution >= 4 is 16.5 Å². The molecule has 4 heteroatoms. The van der Waals surface area contributed by atoms with E-state index in [1.54, 1.807) is 6.20 Å². The highest BCUT2D eigenvalue weighted by Gasteiger charge is 2.42. The van der Waals surface area contributed by atoms with E-state index >= 15 is 0 Å². The van der Waals surface area contributed by atoms with Crippen molar-refractivity contribution in [2.24, 2.45) is 5.16 Å². The Hall–Kier alpha value is -2.72. The quantitative estimate of drug-likeness (QED) is 0.697. The van der Waals surface area contributed by atoms with Crippen molar-refractivity contribution in [3.8, 4) is 0 Å². The maximum Gasteiger partial charge on any atom is 0.145 e. The lowest BCUT2D eigenvalue weighted by molar-refractivity contribution is -0.0626. The molecule has 2 aromatic carbocycles. The van der Waals surface area contributed by atoms with Gasteiger partial charge < -0.3 is 4.84 Å². The van der Waals surface area contributed by atoms with Crippen molar-refractivity contribution < 1.29 is 4.84 Å². The van der Waals surface area contributed by atoms with Gasteiger partial charge in [0.1, 0.15) is 5.60 Å². The number of rotatable bonds is 3. The van der Waals surface area contributed by atoms with E-state index in [0.717, 1.165) is 50.2 Å². The molecule has 3 aromatic rings. The highest BCUT2D eigenvalue weighted by atomic mass is 16.7. The van der Waals surface area contributed by atoms with Gasteiger partial charge in [-0.05, 0) is 28.5 Å². The molecule has 1 aromatic heterocycles. The highest BCUT2D eigenvalue weighted by Crippen LogP contribution is 2.36. The number of benzene rings is 2. The summed E-state index contributed by atoms with van der Waals surface area (Å²) >= 11 is 0. The van der Waals surface area contributed by atoms with Crippen molar-refractivity contribution in [3.05, 3.63) is 78.1 Å². The van der Waals surface area contributed by atoms with Crippen LogP contribution in [0.25, 0.3) is 10.8 Å². The fourth-order valence-electron chi connectivity index (χ4n) is 4.27. The number of hydrogen-bond donors (Lipinski definition) is 0. The zero-order chi connectivity index (χ0) is 18.1. The van der Waals surface area contributed by atoms with Gasteiger partial charge >= 0.3 is 0 Å². The first-order chi connectivity index (χ1) is 13.3. The zero-order valence-corrected chi connectivity index (χ0v) is 15.3. The van der Waals surface area contributed by atoms with Crippen LogP contribution in [0.2, 0.25) is 0 Å². The second-order valence-electron chi connectivity index (χ2n) is 7.65. The molecule has 2 aliphatic heterocycles. The van der Waals surface area contributed by atoms with Crippen LogP contribution >= 0.6 is 0 Å². The van der Waals surface area contributed by atoms with Gasteiger partial charge in [0, 0.05) is 56.9 Å². The Morgan fingerprint density at radius 3 is 2.67 bits per heavy atom. The molecule has 136 valence electrons. The molecule has 3 heterocycles. The Morgan fingerprint density at radius 2 is 1.81 bits per heavy atom. The predicted octanol–water partition coefficient (Wildman–Crippen LogP) is 4.39. The predicted molar refractivity (Wildman–Crippen MR) is 108 cm³/mol. The second-order valence-corrected chi connectivity index (χ2v) is 7.65. The van der Waals surface area contributed by atoms with Crippen LogP contribution in [0.4, 0.5) is 0 Å². The summed E-state index contributed by atoms with van der Waals surface area (Å²) in [5.41, 5.74) is 3.39. The van der Waals surface area contributed by atoms with Crippen molar-refractivity contribution in [2.45, 2.75) is 31.4 Å². The summed E-state index contributed by atoms with van der Waals surface area (Å²) in [5, 5.41) is 7.07. The summed E-state index contributed by atoms with van der Waals surface area (Å²) in [5.74, 6) is 0. The number of likely N-dealkylation sites (tertiary alicyclic amines) is 1. The van der Waals surface area contributed by atoms with Gasteiger partial charge in [-0.3, -0.25) is 9.88 Å². The van der Waals surface area contributed by atoms with Crippen LogP contribution < -0.4 is 0 Å². The maximum atomic E-state index is 5.95. The lowest BCUT2D eigenvalue weighted by Gasteiger charge is -2.37. The molecule has 0 saturated carbocycles. The normalized spacial score (nSPS) is 19.2. The second kappa shape index (κ2) is 6.78. The van der Waals surface area contributed by atoms with Gasteiger partial charge in [0.05, 0.1) is 5.71 Å². The first-order valence-corrected chi connectivity index (χ1v) is 9.66. The molecule has 2 aliphatic rings. The highest BCUT2D eigenvalue weighted by molar-refractivity contribution is 6.01. The fourth-order valence-corrected chi connectivity index (χ4v) is 4.27. The third-order valence-electron chi connectivity index (χ3n) is 5.88. The molecule has 0 unspecified atom stereocenters. The Bertz CT molecular complexity index is 970. The number of oxime groups is 1. The fraction of sp³-hybridized carbons (Fsp3) is 0.304. The summed E-state index contributed by atoms with van der Waals surface area (Å²) in [6.45, 7) is 3.08. The van der Waals surface area contributed by atoms with E-state index in [4.69, 9.17) is 4.84 Å². The molecule has 1 saturated heterocycles. The van der Waals surface area contributed by atoms with Crippen LogP contribution in [0.5, 0.6) is 0 Å². The molecule has 0 bridgehead atoms. The van der Waals surface area contributed by atoms with Crippen molar-refractivity contribution in [3.63, 3.8) is 0 Å². The molecule has 0 radical (unpaired) electrons. The molecule has 0 N–H and O–H groups in total. The van der Waals surface area contributed by atoms with Crippen LogP contribution in [0, 0.1) is 0 Å². The lowest BCUT2D eigenvalue weighted by Crippen LogP contribution is -2.44. The molecule has 0 atom stereocenters. The molecule has 4 nitrogen and oxygen atoms in total. The Labute approximate surface area is 159 Å². The van der Waals surface area contributed by atoms with E-state index < -0.39 is 0 Å². The molecule has 5 rings (SSSR count). The zero-order valence-electron chi connectivity index (χ0n) is 15.3. The van der Waals surface area contributed by atoms with Crippen molar-refractivity contribution in [1.29, 1.82) is 0 Å². The average Bonchev–Trinajstić information content (AvgIpc) is 3.15. The lowest BCUT2D eigenvalue weighted by atomic mass is 9.85. The van der Waals surface area contributed by atoms with E-state index in [2.05, 4.69) is 63.6 Å². The largest absolute Gasteiger partial charge is 0.388 e. The van der Waals surface area contributed by atoms with E-state index in [0.29, 0.717) is 0 Å². The summed E-state index contributed by atoms with van der Waals surface area (Å²) in [4.78, 5) is 12.7. The minimum absolute atomic E-state index is 0.125. The summed E-state index contributed by atoms with van der Waals surface area (Å²) in [7, 11) is 0. The molecule has 0 aliphatic carbocycles. The molecule has 0 amide bonds. The standard InChI is InChI=1S/C23H23N3O/c1-2-9-21-18(5-1)6-3-7-20(21)17-26-13-10-23(11-14-26)15-22(25-27-23)19-8-4-12-24-16-19/h1-9,12,16H,10-11,13-15,17H2. The minimum Gasteiger partial charge on any atom is -0.388 e. The first kappa shape index (κ1) is 16.5. The first-order valence-electron chi connectivity index (χ1n) is 9.66. The van der Waals surface area contributed by atoms with E-state index in [1.165, 1.54) is 16.3 Å². The van der Waals surface area contributed by atoms with Gasteiger partial charge in [-0.2, -0.15) is 0 Å². The van der Waals surface area contributed by atoms with Gasteiger partial charge in [-0.1, -0.05) is 47.6 Å². The third-order valence-corrected chi connectivity index (χ3v) is 5.88. The smallest absolute Gasteiger partial charge is 0.145 e. The minimum atomic E-state index is -0.125. The van der Waals surface area contributed by atoms with Crippen LogP contribution in [-0.2, 0) is 11.4 Å². The van der Waals surface area contributed by atoms with Crippen molar-refractivity contribution in [1.82, 2.24) is 9.88 Å². The number of aromatic nitrogens is 1. The number of piperidine rings is 1. The van der Waals surface area contributed by atoms with Gasteiger partial charge in [-0.25, -0.2) is 0 Å². The molecule has 27 heavy (non-hydrogen) atoms. The average molecular weight is 357 g/mol. The van der Waals surface area contributed by atoms with Crippen LogP contribution in [-0.4, -0.2) is 34.3 Å². The summed E-state index contributed by atoms with van der Waals surface area (Å²) in [6, 6.07) is 19.3. The van der Waals surface area contributed by atoms with Gasteiger partial charge in [0.15, 0.2) is 0 Å². The molecule has 1 fully saturated rings. The van der Waals surface area contributed by atoms with E-state index in [1.807, 2.05) is 12.3 Å². The Morgan fingerprint density at radius 1 is 0.963 bits per heavy atom. The van der Waals surface area contributed by atoms with Crippen LogP contribution in [0.3, 0.4) is 0 Å². The van der Waals surface area contributed by atoms with Crippen molar-refractivity contribution in [2.75, 3.05) is 13.1 Å². The number of nitrogens with zero attached hydrogens (tertiary/aromatic N) is 3. The van der Waals surface area contributed by atoms with Crippen LogP contribution in [0.15, 0.2) is 72.1 Å². The van der Waals surface area contributed by atoms with Gasteiger partial charge in [-0.15, -0.1) is 0 Å². The number of pyridine rings is 1. The van der Waals surface area contributed by atoms with E-state index in [-0.39, 0.29) is 5.60 Å². The number of hydrogen-bond acceptors (Lipinski definition) is 4. The van der Waals surface area contributed by atoms with E-state index in [9.17, 15) is 0 Å². The number of fused-ring (bicyclic) bond motifs is 1. The van der Waals surface area contributed by atoms with Gasteiger partial charge in [0.2, 0.25) is 0 Å². The topological polar surface area (TPSA) is 37.7 Å². The Kier molecular flexibility index (Phi) is 4.13. The molecule has 1 spiro atoms. The maximum absolute atomic E-state index is 5.95. The monoisotopic (exact) mass is 357 g/mol. The SMILES string of the molecule is c1cncc(C2=NOC3(CCN(Cc4cccc5ccccc45)CC3)C2)c1. The molecular formula is C23H23N3O.